The molecule has 0 atom stereocenters. The van der Waals surface area contributed by atoms with E-state index in [4.69, 9.17) is 28.6 Å². The minimum atomic E-state index is -0.447. The van der Waals surface area contributed by atoms with Crippen molar-refractivity contribution in [1.29, 1.82) is 0 Å². The summed E-state index contributed by atoms with van der Waals surface area (Å²) in [5.74, 6) is 0.420. The maximum Gasteiger partial charge on any atom is 0.171 e. The fourth-order valence-corrected chi connectivity index (χ4v) is 3.95. The number of benzene rings is 2. The Balaban J connectivity index is 1.74. The first-order valence-electron chi connectivity index (χ1n) is 8.80. The summed E-state index contributed by atoms with van der Waals surface area (Å²) < 4.78 is 18.9. The summed E-state index contributed by atoms with van der Waals surface area (Å²) in [6, 6.07) is 12.7. The molecule has 0 aliphatic heterocycles. The summed E-state index contributed by atoms with van der Waals surface area (Å²) in [4.78, 5) is 0. The highest BCUT2D eigenvalue weighted by molar-refractivity contribution is 7.80. The molecule has 3 nitrogen and oxygen atoms in total. The molecule has 1 fully saturated rings. The summed E-state index contributed by atoms with van der Waals surface area (Å²) in [5.41, 5.74) is 1.66. The van der Waals surface area contributed by atoms with E-state index >= 15 is 0 Å². The number of thiocarbonyl (C=S) groups is 1. The first-order chi connectivity index (χ1) is 12.5. The van der Waals surface area contributed by atoms with Crippen LogP contribution in [0.25, 0.3) is 0 Å². The monoisotopic (exact) mass is 392 g/mol. The van der Waals surface area contributed by atoms with Crippen LogP contribution in [0.5, 0.6) is 5.75 Å². The van der Waals surface area contributed by atoms with Crippen molar-refractivity contribution >= 4 is 34.6 Å². The quantitative estimate of drug-likeness (QED) is 0.645. The minimum absolute atomic E-state index is 0.0693. The molecule has 0 amide bonds. The lowest BCUT2D eigenvalue weighted by atomic mass is 9.88. The van der Waals surface area contributed by atoms with Crippen LogP contribution in [-0.2, 0) is 5.54 Å². The van der Waals surface area contributed by atoms with Gasteiger partial charge in [-0.2, -0.15) is 0 Å². The lowest BCUT2D eigenvalue weighted by Crippen LogP contribution is -2.45. The zero-order valence-corrected chi connectivity index (χ0v) is 16.2. The van der Waals surface area contributed by atoms with Gasteiger partial charge in [-0.05, 0) is 67.9 Å². The van der Waals surface area contributed by atoms with Crippen LogP contribution in [-0.4, -0.2) is 11.7 Å². The minimum Gasteiger partial charge on any atom is -0.494 e. The smallest absolute Gasteiger partial charge is 0.171 e. The van der Waals surface area contributed by atoms with E-state index in [9.17, 15) is 4.39 Å². The number of halogens is 2. The van der Waals surface area contributed by atoms with Crippen molar-refractivity contribution in [3.8, 4) is 5.75 Å². The Labute approximate surface area is 163 Å². The molecule has 0 unspecified atom stereocenters. The Morgan fingerprint density at radius 2 is 1.88 bits per heavy atom. The molecule has 1 aliphatic rings. The molecule has 0 saturated heterocycles. The van der Waals surface area contributed by atoms with E-state index in [2.05, 4.69) is 22.8 Å². The van der Waals surface area contributed by atoms with Gasteiger partial charge < -0.3 is 15.4 Å². The molecule has 1 saturated carbocycles. The standard InChI is InChI=1S/C20H22ClFN2OS/c1-2-25-16-8-5-14(6-9-16)20(11-3-4-12-20)24-19(26)23-15-7-10-18(22)17(21)13-15/h5-10,13H,2-4,11-12H2,1H3,(H2,23,24,26). The third kappa shape index (κ3) is 4.27. The first-order valence-corrected chi connectivity index (χ1v) is 9.58. The second kappa shape index (κ2) is 8.23. The van der Waals surface area contributed by atoms with Crippen LogP contribution in [0.4, 0.5) is 10.1 Å². The molecule has 3 rings (SSSR count). The van der Waals surface area contributed by atoms with Gasteiger partial charge in [0.05, 0.1) is 17.2 Å². The molecule has 1 aliphatic carbocycles. The van der Waals surface area contributed by atoms with Gasteiger partial charge in [-0.25, -0.2) is 4.39 Å². The number of anilines is 1. The fourth-order valence-electron chi connectivity index (χ4n) is 3.45. The van der Waals surface area contributed by atoms with E-state index in [-0.39, 0.29) is 10.6 Å². The van der Waals surface area contributed by atoms with Crippen LogP contribution < -0.4 is 15.4 Å². The average Bonchev–Trinajstić information content (AvgIpc) is 3.08. The lowest BCUT2D eigenvalue weighted by molar-refractivity contribution is 0.339. The summed E-state index contributed by atoms with van der Waals surface area (Å²) in [6.07, 6.45) is 4.30. The maximum absolute atomic E-state index is 13.3. The van der Waals surface area contributed by atoms with Gasteiger partial charge in [0.2, 0.25) is 0 Å². The molecule has 6 heteroatoms. The lowest BCUT2D eigenvalue weighted by Gasteiger charge is -2.32. The Morgan fingerprint density at radius 1 is 1.19 bits per heavy atom. The third-order valence-electron chi connectivity index (χ3n) is 4.71. The Hall–Kier alpha value is -1.85. The topological polar surface area (TPSA) is 33.3 Å². The van der Waals surface area contributed by atoms with E-state index in [1.165, 1.54) is 17.7 Å². The van der Waals surface area contributed by atoms with Gasteiger partial charge in [-0.15, -0.1) is 0 Å². The number of ether oxygens (including phenoxy) is 1. The van der Waals surface area contributed by atoms with E-state index < -0.39 is 5.82 Å². The predicted octanol–water partition coefficient (Wildman–Crippen LogP) is 5.63. The van der Waals surface area contributed by atoms with Gasteiger partial charge in [0.15, 0.2) is 5.11 Å². The van der Waals surface area contributed by atoms with Gasteiger partial charge in [0.25, 0.3) is 0 Å². The Morgan fingerprint density at radius 3 is 2.50 bits per heavy atom. The van der Waals surface area contributed by atoms with Crippen molar-refractivity contribution in [3.05, 3.63) is 58.9 Å². The molecule has 0 spiro atoms. The first kappa shape index (κ1) is 18.9. The molecular formula is C20H22ClFN2OS. The van der Waals surface area contributed by atoms with Crippen molar-refractivity contribution in [3.63, 3.8) is 0 Å². The number of hydrogen-bond donors (Lipinski definition) is 2. The predicted molar refractivity (Wildman–Crippen MR) is 109 cm³/mol. The maximum atomic E-state index is 13.3. The third-order valence-corrected chi connectivity index (χ3v) is 5.20. The van der Waals surface area contributed by atoms with E-state index in [0.29, 0.717) is 17.4 Å². The van der Waals surface area contributed by atoms with Crippen LogP contribution in [0.1, 0.15) is 38.2 Å². The summed E-state index contributed by atoms with van der Waals surface area (Å²) in [7, 11) is 0. The summed E-state index contributed by atoms with van der Waals surface area (Å²) in [6.45, 7) is 2.62. The van der Waals surface area contributed by atoms with Crippen molar-refractivity contribution in [2.75, 3.05) is 11.9 Å². The average molecular weight is 393 g/mol. The zero-order chi connectivity index (χ0) is 18.6. The second-order valence-electron chi connectivity index (χ2n) is 6.45. The number of hydrogen-bond acceptors (Lipinski definition) is 2. The molecular weight excluding hydrogens is 371 g/mol. The molecule has 26 heavy (non-hydrogen) atoms. The molecule has 138 valence electrons. The van der Waals surface area contributed by atoms with E-state index in [1.54, 1.807) is 6.07 Å². The highest BCUT2D eigenvalue weighted by Gasteiger charge is 2.36. The normalized spacial score (nSPS) is 15.5. The molecule has 0 aromatic heterocycles. The highest BCUT2D eigenvalue weighted by atomic mass is 35.5. The fraction of sp³-hybridized carbons (Fsp3) is 0.350. The van der Waals surface area contributed by atoms with Gasteiger partial charge in [-0.3, -0.25) is 0 Å². The molecule has 0 bridgehead atoms. The molecule has 2 N–H and O–H groups in total. The zero-order valence-electron chi connectivity index (χ0n) is 14.6. The number of rotatable bonds is 5. The van der Waals surface area contributed by atoms with Crippen LogP contribution in [0.3, 0.4) is 0 Å². The van der Waals surface area contributed by atoms with Crippen molar-refractivity contribution in [2.45, 2.75) is 38.1 Å². The molecule has 2 aromatic rings. The van der Waals surface area contributed by atoms with Crippen LogP contribution in [0.2, 0.25) is 5.02 Å². The van der Waals surface area contributed by atoms with E-state index in [1.807, 2.05) is 19.1 Å². The van der Waals surface area contributed by atoms with Crippen LogP contribution >= 0.6 is 23.8 Å². The summed E-state index contributed by atoms with van der Waals surface area (Å²) >= 11 is 11.3. The Kier molecular flexibility index (Phi) is 5.99. The highest BCUT2D eigenvalue weighted by Crippen LogP contribution is 2.39. The molecule has 2 aromatic carbocycles. The van der Waals surface area contributed by atoms with Gasteiger partial charge >= 0.3 is 0 Å². The van der Waals surface area contributed by atoms with Crippen molar-refractivity contribution in [2.24, 2.45) is 0 Å². The van der Waals surface area contributed by atoms with Crippen LogP contribution in [0, 0.1) is 5.82 Å². The molecule has 0 radical (unpaired) electrons. The molecule has 0 heterocycles. The van der Waals surface area contributed by atoms with Gasteiger partial charge in [0.1, 0.15) is 11.6 Å². The Bertz CT molecular complexity index is 776. The largest absolute Gasteiger partial charge is 0.494 e. The van der Waals surface area contributed by atoms with Crippen molar-refractivity contribution < 1.29 is 9.13 Å². The van der Waals surface area contributed by atoms with Crippen LogP contribution in [0.15, 0.2) is 42.5 Å². The summed E-state index contributed by atoms with van der Waals surface area (Å²) in [5, 5.41) is 7.17. The SMILES string of the molecule is CCOc1ccc(C2(NC(=S)Nc3ccc(F)c(Cl)c3)CCCC2)cc1. The second-order valence-corrected chi connectivity index (χ2v) is 7.27. The van der Waals surface area contributed by atoms with E-state index in [0.717, 1.165) is 31.4 Å². The van der Waals surface area contributed by atoms with Gasteiger partial charge in [-0.1, -0.05) is 36.6 Å². The van der Waals surface area contributed by atoms with Crippen molar-refractivity contribution in [1.82, 2.24) is 5.32 Å². The van der Waals surface area contributed by atoms with Gasteiger partial charge in [0, 0.05) is 5.69 Å². The number of nitrogens with one attached hydrogen (secondary N) is 2.